The standard InChI is InChI=1S/C10H15NO/c1-4-6-7-9-11(8-5-2)10(3)12/h4-7H,1-2,8-9H2,3H3. The van der Waals surface area contributed by atoms with E-state index in [4.69, 9.17) is 0 Å². The molecule has 0 saturated heterocycles. The van der Waals surface area contributed by atoms with Crippen LogP contribution >= 0.6 is 0 Å². The van der Waals surface area contributed by atoms with Gasteiger partial charge < -0.3 is 4.90 Å². The first-order valence-corrected chi connectivity index (χ1v) is 3.86. The van der Waals surface area contributed by atoms with Crippen LogP contribution in [0.4, 0.5) is 0 Å². The van der Waals surface area contributed by atoms with E-state index in [2.05, 4.69) is 13.2 Å². The largest absolute Gasteiger partial charge is 0.335 e. The highest BCUT2D eigenvalue weighted by Gasteiger charge is 2.02. The third-order valence-corrected chi connectivity index (χ3v) is 1.39. The summed E-state index contributed by atoms with van der Waals surface area (Å²) in [7, 11) is 0. The summed E-state index contributed by atoms with van der Waals surface area (Å²) in [4.78, 5) is 12.6. The molecule has 0 spiro atoms. The van der Waals surface area contributed by atoms with Crippen molar-refractivity contribution in [3.05, 3.63) is 37.5 Å². The Morgan fingerprint density at radius 2 is 2.08 bits per heavy atom. The summed E-state index contributed by atoms with van der Waals surface area (Å²) >= 11 is 0. The minimum absolute atomic E-state index is 0.0589. The maximum absolute atomic E-state index is 10.9. The highest BCUT2D eigenvalue weighted by molar-refractivity contribution is 5.73. The van der Waals surface area contributed by atoms with Gasteiger partial charge in [-0.15, -0.1) is 6.58 Å². The van der Waals surface area contributed by atoms with Gasteiger partial charge in [-0.1, -0.05) is 30.9 Å². The molecule has 0 aromatic heterocycles. The van der Waals surface area contributed by atoms with Gasteiger partial charge in [0, 0.05) is 20.0 Å². The Bertz CT molecular complexity index is 194. The lowest BCUT2D eigenvalue weighted by Gasteiger charge is -2.16. The van der Waals surface area contributed by atoms with Crippen LogP contribution in [0.5, 0.6) is 0 Å². The summed E-state index contributed by atoms with van der Waals surface area (Å²) in [5.41, 5.74) is 0. The molecular weight excluding hydrogens is 150 g/mol. The summed E-state index contributed by atoms with van der Waals surface area (Å²) in [6.45, 7) is 9.87. The Hall–Kier alpha value is -1.31. The summed E-state index contributed by atoms with van der Waals surface area (Å²) in [5, 5.41) is 0. The fourth-order valence-electron chi connectivity index (χ4n) is 0.772. The monoisotopic (exact) mass is 165 g/mol. The molecule has 0 rings (SSSR count). The molecule has 0 aromatic rings. The van der Waals surface area contributed by atoms with Crippen molar-refractivity contribution in [2.45, 2.75) is 6.92 Å². The quantitative estimate of drug-likeness (QED) is 0.449. The highest BCUT2D eigenvalue weighted by Crippen LogP contribution is 1.90. The molecule has 0 bridgehead atoms. The van der Waals surface area contributed by atoms with E-state index in [9.17, 15) is 4.79 Å². The molecule has 66 valence electrons. The average molecular weight is 165 g/mol. The van der Waals surface area contributed by atoms with Gasteiger partial charge in [0.05, 0.1) is 0 Å². The summed E-state index contributed by atoms with van der Waals surface area (Å²) < 4.78 is 0. The van der Waals surface area contributed by atoms with Crippen LogP contribution in [0.3, 0.4) is 0 Å². The second kappa shape index (κ2) is 6.40. The van der Waals surface area contributed by atoms with Gasteiger partial charge in [0.25, 0.3) is 0 Å². The van der Waals surface area contributed by atoms with Crippen molar-refractivity contribution in [2.75, 3.05) is 13.1 Å². The number of rotatable bonds is 5. The second-order valence-corrected chi connectivity index (χ2v) is 2.38. The summed E-state index contributed by atoms with van der Waals surface area (Å²) in [5.74, 6) is 0.0589. The lowest BCUT2D eigenvalue weighted by molar-refractivity contribution is -0.127. The van der Waals surface area contributed by atoms with Crippen molar-refractivity contribution in [1.29, 1.82) is 0 Å². The first-order chi connectivity index (χ1) is 5.72. The molecule has 2 nitrogen and oxygen atoms in total. The zero-order valence-corrected chi connectivity index (χ0v) is 7.49. The van der Waals surface area contributed by atoms with Crippen LogP contribution in [0, 0.1) is 0 Å². The Labute approximate surface area is 73.9 Å². The smallest absolute Gasteiger partial charge is 0.220 e. The van der Waals surface area contributed by atoms with E-state index in [1.54, 1.807) is 24.0 Å². The fraction of sp³-hybridized carbons (Fsp3) is 0.300. The normalized spacial score (nSPS) is 9.75. The van der Waals surface area contributed by atoms with Crippen LogP contribution in [0.15, 0.2) is 37.5 Å². The van der Waals surface area contributed by atoms with Crippen molar-refractivity contribution in [2.24, 2.45) is 0 Å². The van der Waals surface area contributed by atoms with E-state index >= 15 is 0 Å². The van der Waals surface area contributed by atoms with Crippen LogP contribution in [0.25, 0.3) is 0 Å². The number of nitrogens with zero attached hydrogens (tertiary/aromatic N) is 1. The number of amides is 1. The van der Waals surface area contributed by atoms with Gasteiger partial charge in [0.2, 0.25) is 5.91 Å². The van der Waals surface area contributed by atoms with E-state index < -0.39 is 0 Å². The molecule has 0 unspecified atom stereocenters. The van der Waals surface area contributed by atoms with Gasteiger partial charge >= 0.3 is 0 Å². The minimum atomic E-state index is 0.0589. The van der Waals surface area contributed by atoms with Crippen LogP contribution in [0.1, 0.15) is 6.92 Å². The zero-order chi connectivity index (χ0) is 9.40. The number of allylic oxidation sites excluding steroid dienone is 2. The molecule has 0 saturated carbocycles. The van der Waals surface area contributed by atoms with Gasteiger partial charge in [0.15, 0.2) is 0 Å². The molecule has 0 heterocycles. The molecule has 12 heavy (non-hydrogen) atoms. The molecule has 0 atom stereocenters. The van der Waals surface area contributed by atoms with Crippen molar-refractivity contribution in [3.8, 4) is 0 Å². The number of hydrogen-bond acceptors (Lipinski definition) is 1. The Kier molecular flexibility index (Phi) is 5.70. The summed E-state index contributed by atoms with van der Waals surface area (Å²) in [6.07, 6.45) is 7.10. The van der Waals surface area contributed by atoms with Crippen LogP contribution in [-0.4, -0.2) is 23.9 Å². The molecule has 0 aromatic carbocycles. The molecule has 2 heteroatoms. The van der Waals surface area contributed by atoms with E-state index in [0.717, 1.165) is 0 Å². The average Bonchev–Trinajstić information content (AvgIpc) is 2.03. The predicted octanol–water partition coefficient (Wildman–Crippen LogP) is 1.76. The van der Waals surface area contributed by atoms with E-state index in [-0.39, 0.29) is 5.91 Å². The Morgan fingerprint density at radius 3 is 2.50 bits per heavy atom. The number of hydrogen-bond donors (Lipinski definition) is 0. The van der Waals surface area contributed by atoms with Crippen LogP contribution in [-0.2, 0) is 4.79 Å². The van der Waals surface area contributed by atoms with E-state index in [0.29, 0.717) is 13.1 Å². The predicted molar refractivity (Wildman–Crippen MR) is 51.8 cm³/mol. The van der Waals surface area contributed by atoms with Gasteiger partial charge in [-0.3, -0.25) is 4.79 Å². The first kappa shape index (κ1) is 10.7. The van der Waals surface area contributed by atoms with Gasteiger partial charge in [-0.25, -0.2) is 0 Å². The van der Waals surface area contributed by atoms with Crippen molar-refractivity contribution < 1.29 is 4.79 Å². The van der Waals surface area contributed by atoms with Crippen LogP contribution in [0.2, 0.25) is 0 Å². The van der Waals surface area contributed by atoms with Crippen LogP contribution < -0.4 is 0 Å². The molecule has 0 aliphatic carbocycles. The topological polar surface area (TPSA) is 20.3 Å². The highest BCUT2D eigenvalue weighted by atomic mass is 16.2. The molecule has 0 fully saturated rings. The Balaban J connectivity index is 3.94. The molecule has 1 amide bonds. The fourth-order valence-corrected chi connectivity index (χ4v) is 0.772. The van der Waals surface area contributed by atoms with Crippen molar-refractivity contribution >= 4 is 5.91 Å². The molecule has 0 radical (unpaired) electrons. The maximum atomic E-state index is 10.9. The first-order valence-electron chi connectivity index (χ1n) is 3.86. The molecule has 0 aliphatic rings. The zero-order valence-electron chi connectivity index (χ0n) is 7.49. The lowest BCUT2D eigenvalue weighted by Crippen LogP contribution is -2.28. The SMILES string of the molecule is C=CC=CCN(CC=C)C(C)=O. The summed E-state index contributed by atoms with van der Waals surface area (Å²) in [6, 6.07) is 0. The van der Waals surface area contributed by atoms with Crippen molar-refractivity contribution in [1.82, 2.24) is 4.90 Å². The third-order valence-electron chi connectivity index (χ3n) is 1.39. The lowest BCUT2D eigenvalue weighted by atomic mass is 10.4. The minimum Gasteiger partial charge on any atom is -0.335 e. The van der Waals surface area contributed by atoms with Gasteiger partial charge in [-0.2, -0.15) is 0 Å². The molecule has 0 aliphatic heterocycles. The molecule has 0 N–H and O–H groups in total. The van der Waals surface area contributed by atoms with E-state index in [1.807, 2.05) is 12.2 Å². The Morgan fingerprint density at radius 1 is 1.42 bits per heavy atom. The van der Waals surface area contributed by atoms with Gasteiger partial charge in [-0.05, 0) is 0 Å². The maximum Gasteiger partial charge on any atom is 0.220 e. The van der Waals surface area contributed by atoms with Crippen molar-refractivity contribution in [3.63, 3.8) is 0 Å². The number of carbonyl (C=O) groups excluding carboxylic acids is 1. The third kappa shape index (κ3) is 4.50. The number of carbonyl (C=O) groups is 1. The molecular formula is C10H15NO. The second-order valence-electron chi connectivity index (χ2n) is 2.38. The van der Waals surface area contributed by atoms with E-state index in [1.165, 1.54) is 0 Å². The van der Waals surface area contributed by atoms with Gasteiger partial charge in [0.1, 0.15) is 0 Å².